The number of benzene rings is 1. The molecule has 2 N–H and O–H groups in total. The van der Waals surface area contributed by atoms with Gasteiger partial charge in [-0.15, -0.1) is 0 Å². The fraction of sp³-hybridized carbons (Fsp3) is 0.647. The maximum Gasteiger partial charge on any atom is 0.0233 e. The summed E-state index contributed by atoms with van der Waals surface area (Å²) in [6, 6.07) is 7.13. The van der Waals surface area contributed by atoms with E-state index in [1.54, 1.807) is 11.1 Å². The van der Waals surface area contributed by atoms with E-state index in [1.807, 2.05) is 0 Å². The van der Waals surface area contributed by atoms with Gasteiger partial charge in [0.2, 0.25) is 0 Å². The van der Waals surface area contributed by atoms with Crippen LogP contribution in [-0.2, 0) is 19.4 Å². The molecule has 2 unspecified atom stereocenters. The van der Waals surface area contributed by atoms with Gasteiger partial charge in [0.15, 0.2) is 0 Å². The number of hydrogen-bond acceptors (Lipinski definition) is 2. The van der Waals surface area contributed by atoms with Gasteiger partial charge in [0.1, 0.15) is 0 Å². The average molecular weight is 258 g/mol. The quantitative estimate of drug-likeness (QED) is 0.903. The first kappa shape index (κ1) is 13.1. The normalized spacial score (nSPS) is 27.5. The van der Waals surface area contributed by atoms with E-state index in [4.69, 9.17) is 5.73 Å². The summed E-state index contributed by atoms with van der Waals surface area (Å²) in [5, 5.41) is 0. The molecule has 3 rings (SSSR count). The summed E-state index contributed by atoms with van der Waals surface area (Å²) in [5.74, 6) is 1.48. The van der Waals surface area contributed by atoms with Crippen LogP contribution in [0.5, 0.6) is 0 Å². The van der Waals surface area contributed by atoms with Crippen LogP contribution in [0.4, 0.5) is 0 Å². The topological polar surface area (TPSA) is 29.3 Å². The highest BCUT2D eigenvalue weighted by Gasteiger charge is 2.25. The van der Waals surface area contributed by atoms with Crippen molar-refractivity contribution in [3.05, 3.63) is 34.9 Å². The number of rotatable bonds is 3. The van der Waals surface area contributed by atoms with Crippen LogP contribution in [0.3, 0.4) is 0 Å². The summed E-state index contributed by atoms with van der Waals surface area (Å²) in [6.07, 6.45) is 5.21. The lowest BCUT2D eigenvalue weighted by atomic mass is 9.87. The van der Waals surface area contributed by atoms with E-state index in [1.165, 1.54) is 44.3 Å². The second kappa shape index (κ2) is 5.64. The Morgan fingerprint density at radius 1 is 1.26 bits per heavy atom. The van der Waals surface area contributed by atoms with Crippen LogP contribution in [0.25, 0.3) is 0 Å². The minimum atomic E-state index is 0.683. The van der Waals surface area contributed by atoms with Crippen LogP contribution in [0.1, 0.15) is 36.5 Å². The van der Waals surface area contributed by atoms with E-state index < -0.39 is 0 Å². The van der Waals surface area contributed by atoms with Crippen LogP contribution in [0.2, 0.25) is 0 Å². The molecule has 0 spiro atoms. The zero-order chi connectivity index (χ0) is 13.2. The minimum absolute atomic E-state index is 0.683. The van der Waals surface area contributed by atoms with Gasteiger partial charge in [-0.1, -0.05) is 25.1 Å². The molecule has 19 heavy (non-hydrogen) atoms. The van der Waals surface area contributed by atoms with Crippen molar-refractivity contribution >= 4 is 0 Å². The summed E-state index contributed by atoms with van der Waals surface area (Å²) < 4.78 is 0. The van der Waals surface area contributed by atoms with Crippen molar-refractivity contribution < 1.29 is 0 Å². The molecule has 104 valence electrons. The van der Waals surface area contributed by atoms with Crippen molar-refractivity contribution in [1.82, 2.24) is 4.90 Å². The van der Waals surface area contributed by atoms with Crippen molar-refractivity contribution in [2.24, 2.45) is 17.6 Å². The Balaban J connectivity index is 1.65. The zero-order valence-corrected chi connectivity index (χ0v) is 12.1. The minimum Gasteiger partial charge on any atom is -0.330 e. The number of aryl methyl sites for hydroxylation is 2. The largest absolute Gasteiger partial charge is 0.330 e. The van der Waals surface area contributed by atoms with Gasteiger partial charge in [-0.25, -0.2) is 0 Å². The van der Waals surface area contributed by atoms with Crippen molar-refractivity contribution in [3.8, 4) is 0 Å². The van der Waals surface area contributed by atoms with Crippen LogP contribution in [0.15, 0.2) is 18.2 Å². The van der Waals surface area contributed by atoms with Crippen LogP contribution in [0, 0.1) is 11.8 Å². The van der Waals surface area contributed by atoms with Gasteiger partial charge in [0.25, 0.3) is 0 Å². The first-order valence-corrected chi connectivity index (χ1v) is 7.79. The molecule has 0 bridgehead atoms. The summed E-state index contributed by atoms with van der Waals surface area (Å²) in [4.78, 5) is 2.59. The number of piperidine rings is 1. The number of likely N-dealkylation sites (tertiary alicyclic amines) is 1. The molecule has 1 fully saturated rings. The highest BCUT2D eigenvalue weighted by Crippen LogP contribution is 2.26. The third-order valence-corrected chi connectivity index (χ3v) is 5.07. The molecule has 0 aromatic heterocycles. The lowest BCUT2D eigenvalue weighted by Crippen LogP contribution is -2.42. The van der Waals surface area contributed by atoms with Crippen LogP contribution in [-0.4, -0.2) is 24.5 Å². The Bertz CT molecular complexity index is 441. The van der Waals surface area contributed by atoms with Crippen molar-refractivity contribution in [2.45, 2.75) is 39.2 Å². The summed E-state index contributed by atoms with van der Waals surface area (Å²) in [7, 11) is 0. The molecule has 2 nitrogen and oxygen atoms in total. The SMILES string of the molecule is CC1CCN(Cc2ccc3c(c2)CCC3)CC1CN. The van der Waals surface area contributed by atoms with Crippen molar-refractivity contribution in [1.29, 1.82) is 0 Å². The van der Waals surface area contributed by atoms with E-state index in [2.05, 4.69) is 30.0 Å². The molecule has 0 saturated carbocycles. The van der Waals surface area contributed by atoms with Gasteiger partial charge in [-0.05, 0) is 67.3 Å². The zero-order valence-electron chi connectivity index (χ0n) is 12.1. The maximum absolute atomic E-state index is 5.90. The van der Waals surface area contributed by atoms with Gasteiger partial charge >= 0.3 is 0 Å². The Labute approximate surface area is 117 Å². The van der Waals surface area contributed by atoms with Crippen LogP contribution >= 0.6 is 0 Å². The summed E-state index contributed by atoms with van der Waals surface area (Å²) in [6.45, 7) is 6.70. The molecular formula is C17H26N2. The van der Waals surface area contributed by atoms with E-state index in [9.17, 15) is 0 Å². The van der Waals surface area contributed by atoms with E-state index in [-0.39, 0.29) is 0 Å². The first-order chi connectivity index (χ1) is 9.26. The lowest BCUT2D eigenvalue weighted by Gasteiger charge is -2.36. The second-order valence-electron chi connectivity index (χ2n) is 6.45. The maximum atomic E-state index is 5.90. The molecule has 1 aromatic carbocycles. The smallest absolute Gasteiger partial charge is 0.0233 e. The Hall–Kier alpha value is -0.860. The third-order valence-electron chi connectivity index (χ3n) is 5.07. The van der Waals surface area contributed by atoms with Gasteiger partial charge in [0, 0.05) is 13.1 Å². The van der Waals surface area contributed by atoms with Gasteiger partial charge in [-0.2, -0.15) is 0 Å². The Morgan fingerprint density at radius 2 is 2.11 bits per heavy atom. The van der Waals surface area contributed by atoms with E-state index >= 15 is 0 Å². The molecule has 0 radical (unpaired) electrons. The second-order valence-corrected chi connectivity index (χ2v) is 6.45. The van der Waals surface area contributed by atoms with Crippen molar-refractivity contribution in [2.75, 3.05) is 19.6 Å². The molecule has 1 aliphatic heterocycles. The number of nitrogens with zero attached hydrogens (tertiary/aromatic N) is 1. The average Bonchev–Trinajstić information content (AvgIpc) is 2.88. The number of nitrogens with two attached hydrogens (primary N) is 1. The summed E-state index contributed by atoms with van der Waals surface area (Å²) in [5.41, 5.74) is 10.6. The highest BCUT2D eigenvalue weighted by atomic mass is 15.1. The van der Waals surface area contributed by atoms with E-state index in [0.29, 0.717) is 5.92 Å². The molecule has 2 aliphatic rings. The first-order valence-electron chi connectivity index (χ1n) is 7.79. The van der Waals surface area contributed by atoms with Gasteiger partial charge in [0.05, 0.1) is 0 Å². The monoisotopic (exact) mass is 258 g/mol. The lowest BCUT2D eigenvalue weighted by molar-refractivity contribution is 0.126. The molecular weight excluding hydrogens is 232 g/mol. The predicted molar refractivity (Wildman–Crippen MR) is 80.1 cm³/mol. The summed E-state index contributed by atoms with van der Waals surface area (Å²) >= 11 is 0. The fourth-order valence-electron chi connectivity index (χ4n) is 3.66. The molecule has 2 heteroatoms. The van der Waals surface area contributed by atoms with Gasteiger partial charge in [-0.3, -0.25) is 4.90 Å². The third kappa shape index (κ3) is 2.85. The van der Waals surface area contributed by atoms with Crippen LogP contribution < -0.4 is 5.73 Å². The van der Waals surface area contributed by atoms with Crippen molar-refractivity contribution in [3.63, 3.8) is 0 Å². The molecule has 2 atom stereocenters. The molecule has 1 aliphatic carbocycles. The standard InChI is InChI=1S/C17H26N2/c1-13-7-8-19(12-17(13)10-18)11-14-5-6-15-3-2-4-16(15)9-14/h5-6,9,13,17H,2-4,7-8,10-12,18H2,1H3. The Morgan fingerprint density at radius 3 is 2.95 bits per heavy atom. The molecule has 1 aromatic rings. The molecule has 1 saturated heterocycles. The molecule has 0 amide bonds. The number of fused-ring (bicyclic) bond motifs is 1. The Kier molecular flexibility index (Phi) is 3.90. The molecule has 1 heterocycles. The highest BCUT2D eigenvalue weighted by molar-refractivity contribution is 5.35. The fourth-order valence-corrected chi connectivity index (χ4v) is 3.66. The van der Waals surface area contributed by atoms with E-state index in [0.717, 1.165) is 19.0 Å². The number of hydrogen-bond donors (Lipinski definition) is 1. The van der Waals surface area contributed by atoms with Gasteiger partial charge < -0.3 is 5.73 Å². The predicted octanol–water partition coefficient (Wildman–Crippen LogP) is 2.59.